The van der Waals surface area contributed by atoms with E-state index in [0.29, 0.717) is 28.1 Å². The van der Waals surface area contributed by atoms with Gasteiger partial charge in [0.1, 0.15) is 17.3 Å². The summed E-state index contributed by atoms with van der Waals surface area (Å²) in [5.74, 6) is -2.87. The molecule has 0 radical (unpaired) electrons. The highest BCUT2D eigenvalue weighted by atomic mass is 32.2. The standard InChI is InChI=1S/C21H26N4O8S2/c1-5-15(19(26)21-23-16-8-6-7-9-18(16)32-21)22-20(27)17(25-34(4,28)29)11-35(30,31)10-14-12(2)24-33-13(14)3/h6-9,15,17,25H,5,10-11H2,1-4H3,(H,22,27)/t15-,17?/m0/s1. The second kappa shape index (κ2) is 10.3. The summed E-state index contributed by atoms with van der Waals surface area (Å²) in [6.07, 6.45) is 0.926. The van der Waals surface area contributed by atoms with Gasteiger partial charge in [-0.3, -0.25) is 9.59 Å². The maximum absolute atomic E-state index is 13.0. The van der Waals surface area contributed by atoms with Gasteiger partial charge in [0, 0.05) is 5.56 Å². The number of sulfonamides is 1. The van der Waals surface area contributed by atoms with Crippen LogP contribution in [0.15, 0.2) is 33.2 Å². The Labute approximate surface area is 202 Å². The average Bonchev–Trinajstić information content (AvgIpc) is 3.33. The number of aromatic nitrogens is 2. The SMILES string of the molecule is CC[C@H](NC(=O)C(CS(=O)(=O)Cc1c(C)noc1C)NS(C)(=O)=O)C(=O)c1nc2ccccc2o1. The minimum Gasteiger partial charge on any atom is -0.434 e. The van der Waals surface area contributed by atoms with Crippen LogP contribution < -0.4 is 10.0 Å². The molecule has 2 aromatic heterocycles. The molecule has 2 heterocycles. The Morgan fingerprint density at radius 2 is 1.77 bits per heavy atom. The van der Waals surface area contributed by atoms with E-state index in [0.717, 1.165) is 6.26 Å². The molecule has 12 nitrogen and oxygen atoms in total. The van der Waals surface area contributed by atoms with E-state index in [1.54, 1.807) is 45.0 Å². The monoisotopic (exact) mass is 526 g/mol. The van der Waals surface area contributed by atoms with Gasteiger partial charge in [-0.25, -0.2) is 26.5 Å². The number of oxazole rings is 1. The van der Waals surface area contributed by atoms with Crippen molar-refractivity contribution in [2.24, 2.45) is 0 Å². The molecular weight excluding hydrogens is 500 g/mol. The van der Waals surface area contributed by atoms with E-state index in [4.69, 9.17) is 8.94 Å². The fourth-order valence-corrected chi connectivity index (χ4v) is 5.94. The number of hydrogen-bond donors (Lipinski definition) is 2. The van der Waals surface area contributed by atoms with Crippen molar-refractivity contribution >= 4 is 42.7 Å². The van der Waals surface area contributed by atoms with Crippen LogP contribution in [0.1, 0.15) is 41.0 Å². The van der Waals surface area contributed by atoms with Crippen LogP contribution in [0.3, 0.4) is 0 Å². The number of amides is 1. The fraction of sp³-hybridized carbons (Fsp3) is 0.429. The first kappa shape index (κ1) is 26.5. The first-order valence-electron chi connectivity index (χ1n) is 10.6. The maximum atomic E-state index is 13.0. The van der Waals surface area contributed by atoms with Crippen molar-refractivity contribution in [3.05, 3.63) is 47.2 Å². The van der Waals surface area contributed by atoms with Crippen LogP contribution in [0.25, 0.3) is 11.1 Å². The van der Waals surface area contributed by atoms with Gasteiger partial charge >= 0.3 is 0 Å². The van der Waals surface area contributed by atoms with E-state index >= 15 is 0 Å². The number of nitrogens with zero attached hydrogens (tertiary/aromatic N) is 2. The number of benzene rings is 1. The number of rotatable bonds is 11. The number of para-hydroxylation sites is 2. The molecule has 14 heteroatoms. The third-order valence-corrected chi connectivity index (χ3v) is 7.47. The van der Waals surface area contributed by atoms with Gasteiger partial charge in [-0.15, -0.1) is 0 Å². The summed E-state index contributed by atoms with van der Waals surface area (Å²) in [4.78, 5) is 30.0. The molecule has 3 rings (SSSR count). The number of fused-ring (bicyclic) bond motifs is 1. The normalized spacial score (nSPS) is 14.1. The lowest BCUT2D eigenvalue weighted by atomic mass is 10.1. The summed E-state index contributed by atoms with van der Waals surface area (Å²) in [6.45, 7) is 4.75. The zero-order chi connectivity index (χ0) is 26.0. The summed E-state index contributed by atoms with van der Waals surface area (Å²) < 4.78 is 61.9. The zero-order valence-electron chi connectivity index (χ0n) is 19.6. The molecule has 0 aliphatic carbocycles. The Bertz CT molecular complexity index is 1400. The predicted molar refractivity (Wildman–Crippen MR) is 126 cm³/mol. The summed E-state index contributed by atoms with van der Waals surface area (Å²) in [7, 11) is -7.98. The third-order valence-electron chi connectivity index (χ3n) is 5.18. The van der Waals surface area contributed by atoms with E-state index in [1.165, 1.54) is 0 Å². The molecule has 0 aliphatic heterocycles. The van der Waals surface area contributed by atoms with Gasteiger partial charge in [0.15, 0.2) is 15.4 Å². The highest BCUT2D eigenvalue weighted by molar-refractivity contribution is 7.91. The molecule has 0 fully saturated rings. The molecule has 2 N–H and O–H groups in total. The first-order valence-corrected chi connectivity index (χ1v) is 14.3. The average molecular weight is 527 g/mol. The number of Topliss-reactive ketones (excluding diaryl/α,β-unsaturated/α-hetero) is 1. The molecular formula is C21H26N4O8S2. The lowest BCUT2D eigenvalue weighted by Crippen LogP contribution is -2.53. The second-order valence-electron chi connectivity index (χ2n) is 8.12. The summed E-state index contributed by atoms with van der Waals surface area (Å²) >= 11 is 0. The number of carbonyl (C=O) groups is 2. The Morgan fingerprint density at radius 1 is 1.09 bits per heavy atom. The second-order valence-corrected chi connectivity index (χ2v) is 12.0. The lowest BCUT2D eigenvalue weighted by molar-refractivity contribution is -0.122. The number of ketones is 1. The van der Waals surface area contributed by atoms with Crippen LogP contribution >= 0.6 is 0 Å². The fourth-order valence-electron chi connectivity index (χ4n) is 3.41. The van der Waals surface area contributed by atoms with Crippen molar-refractivity contribution < 1.29 is 35.4 Å². The van der Waals surface area contributed by atoms with Crippen LogP contribution in [0, 0.1) is 13.8 Å². The molecule has 0 bridgehead atoms. The van der Waals surface area contributed by atoms with Gasteiger partial charge < -0.3 is 14.3 Å². The largest absolute Gasteiger partial charge is 0.434 e. The van der Waals surface area contributed by atoms with Gasteiger partial charge in [-0.05, 0) is 32.4 Å². The minimum atomic E-state index is -4.00. The van der Waals surface area contributed by atoms with E-state index in [-0.39, 0.29) is 12.3 Å². The first-order chi connectivity index (χ1) is 16.3. The van der Waals surface area contributed by atoms with Crippen LogP contribution in [0.5, 0.6) is 0 Å². The number of nitrogens with one attached hydrogen (secondary N) is 2. The maximum Gasteiger partial charge on any atom is 0.266 e. The van der Waals surface area contributed by atoms with E-state index in [1.807, 2.05) is 4.72 Å². The third kappa shape index (κ3) is 6.74. The minimum absolute atomic E-state index is 0.126. The van der Waals surface area contributed by atoms with Crippen molar-refractivity contribution in [3.63, 3.8) is 0 Å². The van der Waals surface area contributed by atoms with Crippen LogP contribution in [-0.4, -0.2) is 62.8 Å². The molecule has 1 unspecified atom stereocenters. The zero-order valence-corrected chi connectivity index (χ0v) is 21.2. The van der Waals surface area contributed by atoms with E-state index in [9.17, 15) is 26.4 Å². The highest BCUT2D eigenvalue weighted by Crippen LogP contribution is 2.18. The van der Waals surface area contributed by atoms with Crippen molar-refractivity contribution in [2.45, 2.75) is 45.0 Å². The molecule has 0 aliphatic rings. The van der Waals surface area contributed by atoms with Gasteiger partial charge in [0.25, 0.3) is 5.89 Å². The Kier molecular flexibility index (Phi) is 7.77. The van der Waals surface area contributed by atoms with Crippen LogP contribution in [0.2, 0.25) is 0 Å². The van der Waals surface area contributed by atoms with Crippen molar-refractivity contribution in [3.8, 4) is 0 Å². The molecule has 190 valence electrons. The number of sulfone groups is 1. The van der Waals surface area contributed by atoms with Crippen molar-refractivity contribution in [1.82, 2.24) is 20.2 Å². The van der Waals surface area contributed by atoms with Gasteiger partial charge in [-0.2, -0.15) is 0 Å². The van der Waals surface area contributed by atoms with Crippen molar-refractivity contribution in [1.29, 1.82) is 0 Å². The molecule has 1 amide bonds. The molecule has 3 aromatic rings. The quantitative estimate of drug-likeness (QED) is 0.343. The van der Waals surface area contributed by atoms with Crippen LogP contribution in [-0.2, 0) is 30.4 Å². The van der Waals surface area contributed by atoms with Gasteiger partial charge in [0.05, 0.1) is 29.5 Å². The number of hydrogen-bond acceptors (Lipinski definition) is 10. The van der Waals surface area contributed by atoms with Gasteiger partial charge in [0.2, 0.25) is 21.7 Å². The Morgan fingerprint density at radius 3 is 2.34 bits per heavy atom. The topological polar surface area (TPSA) is 179 Å². The Hall–Kier alpha value is -3.10. The number of aryl methyl sites for hydroxylation is 2. The van der Waals surface area contributed by atoms with E-state index < -0.39 is 55.1 Å². The lowest BCUT2D eigenvalue weighted by Gasteiger charge is -2.21. The molecule has 2 atom stereocenters. The predicted octanol–water partition coefficient (Wildman–Crippen LogP) is 1.04. The van der Waals surface area contributed by atoms with E-state index in [2.05, 4.69) is 15.5 Å². The molecule has 1 aromatic carbocycles. The Balaban J connectivity index is 1.80. The summed E-state index contributed by atoms with van der Waals surface area (Å²) in [5.41, 5.74) is 1.55. The number of carbonyl (C=O) groups excluding carboxylic acids is 2. The smallest absolute Gasteiger partial charge is 0.266 e. The molecule has 0 saturated heterocycles. The van der Waals surface area contributed by atoms with Crippen LogP contribution in [0.4, 0.5) is 0 Å². The summed E-state index contributed by atoms with van der Waals surface area (Å²) in [6, 6.07) is 3.93. The molecule has 0 saturated carbocycles. The highest BCUT2D eigenvalue weighted by Gasteiger charge is 2.33. The van der Waals surface area contributed by atoms with Crippen molar-refractivity contribution in [2.75, 3.05) is 12.0 Å². The molecule has 0 spiro atoms. The summed E-state index contributed by atoms with van der Waals surface area (Å²) in [5, 5.41) is 6.13. The van der Waals surface area contributed by atoms with Gasteiger partial charge in [-0.1, -0.05) is 24.2 Å². The molecule has 35 heavy (non-hydrogen) atoms.